The van der Waals surface area contributed by atoms with E-state index in [0.29, 0.717) is 0 Å². The number of amides is 2. The Hall–Kier alpha value is -1.58. The number of nitrogens with one attached hydrogen (secondary N) is 1. The van der Waals surface area contributed by atoms with Crippen LogP contribution in [0.2, 0.25) is 0 Å². The van der Waals surface area contributed by atoms with E-state index in [9.17, 15) is 4.79 Å². The highest BCUT2D eigenvalue weighted by molar-refractivity contribution is 5.90. The molecular weight excluding hydrogens is 238 g/mol. The maximum absolute atomic E-state index is 12.3. The third-order valence-electron chi connectivity index (χ3n) is 3.66. The first-order valence-corrected chi connectivity index (χ1v) is 7.24. The molecule has 0 bridgehead atoms. The van der Waals surface area contributed by atoms with Crippen molar-refractivity contribution in [3.63, 3.8) is 0 Å². The highest BCUT2D eigenvalue weighted by atomic mass is 16.2. The zero-order valence-electron chi connectivity index (χ0n) is 11.7. The van der Waals surface area contributed by atoms with Crippen molar-refractivity contribution in [1.82, 2.24) is 9.88 Å². The van der Waals surface area contributed by atoms with E-state index in [1.807, 2.05) is 17.9 Å². The van der Waals surface area contributed by atoms with Crippen molar-refractivity contribution in [1.29, 1.82) is 0 Å². The number of carbonyl (C=O) groups excluding carboxylic acids is 1. The van der Waals surface area contributed by atoms with Crippen molar-refractivity contribution in [2.45, 2.75) is 45.4 Å². The van der Waals surface area contributed by atoms with Gasteiger partial charge in [-0.05, 0) is 31.4 Å². The molecule has 1 fully saturated rings. The summed E-state index contributed by atoms with van der Waals surface area (Å²) >= 11 is 0. The fourth-order valence-electron chi connectivity index (χ4n) is 2.44. The molecule has 0 aliphatic carbocycles. The number of hydrogen-bond acceptors (Lipinski definition) is 2. The van der Waals surface area contributed by atoms with E-state index in [-0.39, 0.29) is 6.03 Å². The summed E-state index contributed by atoms with van der Waals surface area (Å²) in [6.45, 7) is 3.70. The van der Waals surface area contributed by atoms with E-state index in [1.54, 1.807) is 12.4 Å². The molecule has 2 rings (SSSR count). The highest BCUT2D eigenvalue weighted by Crippen LogP contribution is 2.15. The topological polar surface area (TPSA) is 45.2 Å². The first kappa shape index (κ1) is 13.8. The van der Waals surface area contributed by atoms with Crippen LogP contribution in [-0.4, -0.2) is 29.0 Å². The second kappa shape index (κ2) is 7.12. The van der Waals surface area contributed by atoms with Gasteiger partial charge < -0.3 is 10.2 Å². The van der Waals surface area contributed by atoms with Crippen LogP contribution in [-0.2, 0) is 0 Å². The van der Waals surface area contributed by atoms with Gasteiger partial charge in [0, 0.05) is 31.2 Å². The van der Waals surface area contributed by atoms with Crippen LogP contribution >= 0.6 is 0 Å². The van der Waals surface area contributed by atoms with Crippen LogP contribution in [0.3, 0.4) is 0 Å². The molecule has 0 saturated carbocycles. The standard InChI is InChI=1S/C15H23N3O/c1-13-12-16-9-8-14(13)17-15(19)18-10-6-4-2-3-5-7-11-18/h8-9,12H,2-7,10-11H2,1H3,(H,16,17,19). The summed E-state index contributed by atoms with van der Waals surface area (Å²) in [6.07, 6.45) is 10.8. The molecule has 0 spiro atoms. The van der Waals surface area contributed by atoms with Crippen molar-refractivity contribution in [3.8, 4) is 0 Å². The third-order valence-corrected chi connectivity index (χ3v) is 3.66. The monoisotopic (exact) mass is 261 g/mol. The Morgan fingerprint density at radius 3 is 2.42 bits per heavy atom. The number of aryl methyl sites for hydroxylation is 1. The van der Waals surface area contributed by atoms with Crippen molar-refractivity contribution in [2.75, 3.05) is 18.4 Å². The molecular formula is C15H23N3O. The van der Waals surface area contributed by atoms with Crippen LogP contribution in [0.25, 0.3) is 0 Å². The molecule has 0 radical (unpaired) electrons. The minimum Gasteiger partial charge on any atom is -0.325 e. The number of urea groups is 1. The zero-order valence-corrected chi connectivity index (χ0v) is 11.7. The van der Waals surface area contributed by atoms with Gasteiger partial charge in [0.05, 0.1) is 0 Å². The normalized spacial score (nSPS) is 17.2. The highest BCUT2D eigenvalue weighted by Gasteiger charge is 2.14. The van der Waals surface area contributed by atoms with Crippen LogP contribution in [0.15, 0.2) is 18.5 Å². The molecule has 1 aliphatic heterocycles. The largest absolute Gasteiger partial charge is 0.325 e. The van der Waals surface area contributed by atoms with E-state index in [0.717, 1.165) is 37.2 Å². The van der Waals surface area contributed by atoms with Crippen LogP contribution < -0.4 is 5.32 Å². The summed E-state index contributed by atoms with van der Waals surface area (Å²) in [6, 6.07) is 1.87. The van der Waals surface area contributed by atoms with Gasteiger partial charge in [-0.2, -0.15) is 0 Å². The Morgan fingerprint density at radius 2 is 1.79 bits per heavy atom. The second-order valence-corrected chi connectivity index (χ2v) is 5.23. The van der Waals surface area contributed by atoms with Crippen molar-refractivity contribution >= 4 is 11.7 Å². The molecule has 0 aromatic carbocycles. The number of hydrogen-bond donors (Lipinski definition) is 1. The van der Waals surface area contributed by atoms with Gasteiger partial charge in [0.25, 0.3) is 0 Å². The number of carbonyl (C=O) groups is 1. The fourth-order valence-corrected chi connectivity index (χ4v) is 2.44. The molecule has 104 valence electrons. The lowest BCUT2D eigenvalue weighted by Gasteiger charge is -2.22. The average molecular weight is 261 g/mol. The van der Waals surface area contributed by atoms with Crippen LogP contribution in [0, 0.1) is 6.92 Å². The summed E-state index contributed by atoms with van der Waals surface area (Å²) in [7, 11) is 0. The van der Waals surface area contributed by atoms with E-state index < -0.39 is 0 Å². The SMILES string of the molecule is Cc1cnccc1NC(=O)N1CCCCCCCC1. The van der Waals surface area contributed by atoms with E-state index in [2.05, 4.69) is 10.3 Å². The number of pyridine rings is 1. The summed E-state index contributed by atoms with van der Waals surface area (Å²) < 4.78 is 0. The fraction of sp³-hybridized carbons (Fsp3) is 0.600. The predicted octanol–water partition coefficient (Wildman–Crippen LogP) is 3.58. The summed E-state index contributed by atoms with van der Waals surface area (Å²) in [5.74, 6) is 0. The number of anilines is 1. The lowest BCUT2D eigenvalue weighted by Crippen LogP contribution is -2.36. The van der Waals surface area contributed by atoms with Gasteiger partial charge in [0.15, 0.2) is 0 Å². The molecule has 4 nitrogen and oxygen atoms in total. The third kappa shape index (κ3) is 4.23. The Morgan fingerprint density at radius 1 is 1.16 bits per heavy atom. The second-order valence-electron chi connectivity index (χ2n) is 5.23. The predicted molar refractivity (Wildman–Crippen MR) is 77.3 cm³/mol. The molecule has 2 heterocycles. The molecule has 4 heteroatoms. The molecule has 0 unspecified atom stereocenters. The lowest BCUT2D eigenvalue weighted by atomic mass is 10.1. The van der Waals surface area contributed by atoms with Gasteiger partial charge in [-0.3, -0.25) is 4.98 Å². The van der Waals surface area contributed by atoms with Gasteiger partial charge >= 0.3 is 6.03 Å². The van der Waals surface area contributed by atoms with Crippen molar-refractivity contribution in [2.24, 2.45) is 0 Å². The molecule has 1 aromatic rings. The molecule has 1 aliphatic rings. The molecule has 1 N–H and O–H groups in total. The summed E-state index contributed by atoms with van der Waals surface area (Å²) in [4.78, 5) is 18.3. The van der Waals surface area contributed by atoms with Gasteiger partial charge in [-0.25, -0.2) is 4.79 Å². The maximum Gasteiger partial charge on any atom is 0.321 e. The maximum atomic E-state index is 12.3. The van der Waals surface area contributed by atoms with E-state index >= 15 is 0 Å². The summed E-state index contributed by atoms with van der Waals surface area (Å²) in [5.41, 5.74) is 1.86. The lowest BCUT2D eigenvalue weighted by molar-refractivity contribution is 0.210. The number of aromatic nitrogens is 1. The van der Waals surface area contributed by atoms with Gasteiger partial charge in [-0.15, -0.1) is 0 Å². The number of rotatable bonds is 1. The average Bonchev–Trinajstić information content (AvgIpc) is 2.55. The molecule has 1 aromatic heterocycles. The van der Waals surface area contributed by atoms with Crippen LogP contribution in [0.1, 0.15) is 44.1 Å². The van der Waals surface area contributed by atoms with Crippen molar-refractivity contribution < 1.29 is 4.79 Å². The summed E-state index contributed by atoms with van der Waals surface area (Å²) in [5, 5.41) is 3.00. The smallest absolute Gasteiger partial charge is 0.321 e. The van der Waals surface area contributed by atoms with Crippen molar-refractivity contribution in [3.05, 3.63) is 24.0 Å². The minimum absolute atomic E-state index is 0.0243. The van der Waals surface area contributed by atoms with Gasteiger partial charge in [0.2, 0.25) is 0 Å². The van der Waals surface area contributed by atoms with E-state index in [4.69, 9.17) is 0 Å². The van der Waals surface area contributed by atoms with E-state index in [1.165, 1.54) is 25.7 Å². The Bertz CT molecular complexity index is 410. The first-order chi connectivity index (χ1) is 9.27. The molecule has 2 amide bonds. The Kier molecular flexibility index (Phi) is 5.19. The van der Waals surface area contributed by atoms with Gasteiger partial charge in [0.1, 0.15) is 0 Å². The zero-order chi connectivity index (χ0) is 13.5. The number of nitrogens with zero attached hydrogens (tertiary/aromatic N) is 2. The molecule has 19 heavy (non-hydrogen) atoms. The quantitative estimate of drug-likeness (QED) is 0.839. The molecule has 1 saturated heterocycles. The minimum atomic E-state index is 0.0243. The van der Waals surface area contributed by atoms with Gasteiger partial charge in [-0.1, -0.05) is 25.7 Å². The Labute approximate surface area is 115 Å². The van der Waals surface area contributed by atoms with Crippen LogP contribution in [0.4, 0.5) is 10.5 Å². The Balaban J connectivity index is 1.95. The van der Waals surface area contributed by atoms with Crippen LogP contribution in [0.5, 0.6) is 0 Å². The molecule has 0 atom stereocenters. The first-order valence-electron chi connectivity index (χ1n) is 7.24.